The summed E-state index contributed by atoms with van der Waals surface area (Å²) in [7, 11) is 0. The first-order valence-corrected chi connectivity index (χ1v) is 6.44. The quantitative estimate of drug-likeness (QED) is 0.841. The molecule has 98 valence electrons. The van der Waals surface area contributed by atoms with Gasteiger partial charge in [-0.1, -0.05) is 12.1 Å². The maximum absolute atomic E-state index is 12.0. The van der Waals surface area contributed by atoms with Crippen LogP contribution in [-0.2, 0) is 11.2 Å². The normalized spacial score (nSPS) is 15.7. The predicted octanol–water partition coefficient (Wildman–Crippen LogP) is 1.07. The van der Waals surface area contributed by atoms with Crippen LogP contribution in [0.3, 0.4) is 0 Å². The van der Waals surface area contributed by atoms with Gasteiger partial charge in [0.2, 0.25) is 5.91 Å². The third-order valence-corrected chi connectivity index (χ3v) is 3.36. The number of aryl methyl sites for hydroxylation is 2. The van der Waals surface area contributed by atoms with Crippen LogP contribution in [0.15, 0.2) is 18.2 Å². The zero-order chi connectivity index (χ0) is 13.0. The van der Waals surface area contributed by atoms with Crippen molar-refractivity contribution >= 4 is 5.91 Å². The van der Waals surface area contributed by atoms with Crippen LogP contribution in [0, 0.1) is 6.92 Å². The number of carbonyl (C=O) groups is 1. The Morgan fingerprint density at radius 3 is 2.78 bits per heavy atom. The molecule has 2 rings (SSSR count). The van der Waals surface area contributed by atoms with Crippen LogP contribution in [0.1, 0.15) is 17.5 Å². The molecule has 1 aromatic carbocycles. The van der Waals surface area contributed by atoms with E-state index in [1.165, 1.54) is 0 Å². The van der Waals surface area contributed by atoms with Gasteiger partial charge in [-0.2, -0.15) is 0 Å². The number of nitrogens with one attached hydrogen (secondary N) is 1. The molecular formula is C14H20N2O2. The van der Waals surface area contributed by atoms with Crippen LogP contribution in [0.25, 0.3) is 0 Å². The molecule has 4 heteroatoms. The van der Waals surface area contributed by atoms with Gasteiger partial charge < -0.3 is 15.3 Å². The summed E-state index contributed by atoms with van der Waals surface area (Å²) in [5.41, 5.74) is 1.97. The first-order valence-electron chi connectivity index (χ1n) is 6.44. The zero-order valence-electron chi connectivity index (χ0n) is 10.8. The highest BCUT2D eigenvalue weighted by Gasteiger charge is 2.15. The van der Waals surface area contributed by atoms with Gasteiger partial charge in [0.05, 0.1) is 0 Å². The Kier molecular flexibility index (Phi) is 4.20. The first kappa shape index (κ1) is 12.9. The highest BCUT2D eigenvalue weighted by Crippen LogP contribution is 2.18. The van der Waals surface area contributed by atoms with Crippen LogP contribution in [0.5, 0.6) is 5.75 Å². The summed E-state index contributed by atoms with van der Waals surface area (Å²) in [6.07, 6.45) is 1.29. The number of nitrogens with zero attached hydrogens (tertiary/aromatic N) is 1. The van der Waals surface area contributed by atoms with Crippen molar-refractivity contribution in [2.45, 2.75) is 19.8 Å². The lowest BCUT2D eigenvalue weighted by Gasteiger charge is -2.27. The van der Waals surface area contributed by atoms with E-state index in [1.54, 1.807) is 6.07 Å². The molecule has 1 saturated heterocycles. The lowest BCUT2D eigenvalue weighted by atomic mass is 10.1. The van der Waals surface area contributed by atoms with Crippen molar-refractivity contribution in [3.63, 3.8) is 0 Å². The summed E-state index contributed by atoms with van der Waals surface area (Å²) in [6.45, 7) is 5.28. The number of carbonyl (C=O) groups excluding carboxylic acids is 1. The summed E-state index contributed by atoms with van der Waals surface area (Å²) in [5, 5.41) is 12.7. The summed E-state index contributed by atoms with van der Waals surface area (Å²) in [4.78, 5) is 13.9. The first-order chi connectivity index (χ1) is 8.66. The average Bonchev–Trinajstić information content (AvgIpc) is 2.41. The monoisotopic (exact) mass is 248 g/mol. The maximum atomic E-state index is 12.0. The second-order valence-electron chi connectivity index (χ2n) is 4.75. The maximum Gasteiger partial charge on any atom is 0.222 e. The van der Waals surface area contributed by atoms with Gasteiger partial charge in [0.25, 0.3) is 0 Å². The molecule has 4 nitrogen and oxygen atoms in total. The number of benzene rings is 1. The molecule has 1 aromatic rings. The summed E-state index contributed by atoms with van der Waals surface area (Å²) >= 11 is 0. The molecule has 0 bridgehead atoms. The lowest BCUT2D eigenvalue weighted by molar-refractivity contribution is -0.131. The zero-order valence-corrected chi connectivity index (χ0v) is 10.8. The van der Waals surface area contributed by atoms with Gasteiger partial charge in [-0.15, -0.1) is 0 Å². The third-order valence-electron chi connectivity index (χ3n) is 3.36. The van der Waals surface area contributed by atoms with Crippen molar-refractivity contribution in [3.8, 4) is 5.75 Å². The lowest BCUT2D eigenvalue weighted by Crippen LogP contribution is -2.46. The van der Waals surface area contributed by atoms with Crippen LogP contribution < -0.4 is 5.32 Å². The molecule has 1 aliphatic heterocycles. The van der Waals surface area contributed by atoms with E-state index in [0.29, 0.717) is 12.2 Å². The third kappa shape index (κ3) is 3.23. The second-order valence-corrected chi connectivity index (χ2v) is 4.75. The van der Waals surface area contributed by atoms with E-state index in [0.717, 1.165) is 43.7 Å². The minimum Gasteiger partial charge on any atom is -0.508 e. The molecule has 0 aliphatic carbocycles. The van der Waals surface area contributed by atoms with E-state index in [9.17, 15) is 9.90 Å². The topological polar surface area (TPSA) is 52.6 Å². The molecule has 1 fully saturated rings. The van der Waals surface area contributed by atoms with E-state index in [2.05, 4.69) is 5.32 Å². The fourth-order valence-corrected chi connectivity index (χ4v) is 2.20. The van der Waals surface area contributed by atoms with E-state index in [-0.39, 0.29) is 5.91 Å². The molecule has 0 atom stereocenters. The van der Waals surface area contributed by atoms with Crippen LogP contribution in [0.4, 0.5) is 0 Å². The van der Waals surface area contributed by atoms with Crippen molar-refractivity contribution in [1.82, 2.24) is 10.2 Å². The molecule has 18 heavy (non-hydrogen) atoms. The Morgan fingerprint density at radius 2 is 2.11 bits per heavy atom. The van der Waals surface area contributed by atoms with Gasteiger partial charge in [0, 0.05) is 32.6 Å². The average molecular weight is 248 g/mol. The largest absolute Gasteiger partial charge is 0.508 e. The number of piperazine rings is 1. The summed E-state index contributed by atoms with van der Waals surface area (Å²) in [5.74, 6) is 0.536. The number of rotatable bonds is 3. The minimum atomic E-state index is 0.224. The van der Waals surface area contributed by atoms with Crippen molar-refractivity contribution in [2.75, 3.05) is 26.2 Å². The smallest absolute Gasteiger partial charge is 0.222 e. The minimum absolute atomic E-state index is 0.224. The number of aromatic hydroxyl groups is 1. The molecule has 0 radical (unpaired) electrons. The van der Waals surface area contributed by atoms with E-state index in [1.807, 2.05) is 24.0 Å². The number of phenols is 1. The molecule has 1 heterocycles. The number of amides is 1. The Labute approximate surface area is 108 Å². The van der Waals surface area contributed by atoms with Gasteiger partial charge in [-0.05, 0) is 30.5 Å². The Bertz CT molecular complexity index is 426. The van der Waals surface area contributed by atoms with Crippen molar-refractivity contribution < 1.29 is 9.90 Å². The Hall–Kier alpha value is -1.55. The van der Waals surface area contributed by atoms with E-state index >= 15 is 0 Å². The van der Waals surface area contributed by atoms with Crippen LogP contribution in [-0.4, -0.2) is 42.1 Å². The van der Waals surface area contributed by atoms with E-state index in [4.69, 9.17) is 0 Å². The van der Waals surface area contributed by atoms with Gasteiger partial charge >= 0.3 is 0 Å². The summed E-state index contributed by atoms with van der Waals surface area (Å²) in [6, 6.07) is 5.52. The van der Waals surface area contributed by atoms with Gasteiger partial charge in [0.1, 0.15) is 5.75 Å². The Balaban J connectivity index is 1.86. The second kappa shape index (κ2) is 5.87. The predicted molar refractivity (Wildman–Crippen MR) is 70.6 cm³/mol. The SMILES string of the molecule is Cc1cc(CCC(=O)N2CCNCC2)ccc1O. The number of hydrogen-bond donors (Lipinski definition) is 2. The molecule has 2 N–H and O–H groups in total. The highest BCUT2D eigenvalue weighted by atomic mass is 16.3. The molecule has 1 amide bonds. The molecule has 0 aromatic heterocycles. The van der Waals surface area contributed by atoms with Crippen molar-refractivity contribution in [1.29, 1.82) is 0 Å². The van der Waals surface area contributed by atoms with Crippen molar-refractivity contribution in [3.05, 3.63) is 29.3 Å². The fourth-order valence-electron chi connectivity index (χ4n) is 2.20. The molecule has 0 unspecified atom stereocenters. The molecular weight excluding hydrogens is 228 g/mol. The van der Waals surface area contributed by atoms with Crippen LogP contribution in [0.2, 0.25) is 0 Å². The van der Waals surface area contributed by atoms with Crippen molar-refractivity contribution in [2.24, 2.45) is 0 Å². The van der Waals surface area contributed by atoms with Crippen LogP contribution >= 0.6 is 0 Å². The van der Waals surface area contributed by atoms with E-state index < -0.39 is 0 Å². The standard InChI is InChI=1S/C14H20N2O2/c1-11-10-12(2-4-13(11)17)3-5-14(18)16-8-6-15-7-9-16/h2,4,10,15,17H,3,5-9H2,1H3. The van der Waals surface area contributed by atoms with Gasteiger partial charge in [-0.3, -0.25) is 4.79 Å². The van der Waals surface area contributed by atoms with Gasteiger partial charge in [0.15, 0.2) is 0 Å². The number of hydrogen-bond acceptors (Lipinski definition) is 3. The molecule has 0 saturated carbocycles. The molecule has 0 spiro atoms. The summed E-state index contributed by atoms with van der Waals surface area (Å²) < 4.78 is 0. The highest BCUT2D eigenvalue weighted by molar-refractivity contribution is 5.76. The van der Waals surface area contributed by atoms with Gasteiger partial charge in [-0.25, -0.2) is 0 Å². The fraction of sp³-hybridized carbons (Fsp3) is 0.500. The molecule has 1 aliphatic rings. The number of phenolic OH excluding ortho intramolecular Hbond substituents is 1. The Morgan fingerprint density at radius 1 is 1.39 bits per heavy atom.